The second kappa shape index (κ2) is 7.74. The Balaban J connectivity index is 2.54. The van der Waals surface area contributed by atoms with Crippen molar-refractivity contribution in [2.24, 2.45) is 0 Å². The molecule has 2 amide bonds. The fourth-order valence-electron chi connectivity index (χ4n) is 2.09. The standard InChI is InChI=1S/C13H25N3O4S/c1-4-5-8-21(19,20)16-7-6-15(13(18)10-16)9-12(17)14-11(2)3/h11H,4-10H2,1-3H3,(H,14,17). The van der Waals surface area contributed by atoms with Crippen LogP contribution in [0, 0.1) is 0 Å². The van der Waals surface area contributed by atoms with Crippen molar-refractivity contribution < 1.29 is 18.0 Å². The Labute approximate surface area is 126 Å². The highest BCUT2D eigenvalue weighted by Gasteiger charge is 2.31. The Hall–Kier alpha value is -1.15. The van der Waals surface area contributed by atoms with Gasteiger partial charge in [0.05, 0.1) is 18.8 Å². The SMILES string of the molecule is CCCCS(=O)(=O)N1CCN(CC(=O)NC(C)C)C(=O)C1. The lowest BCUT2D eigenvalue weighted by Gasteiger charge is -2.33. The summed E-state index contributed by atoms with van der Waals surface area (Å²) in [6, 6.07) is 0.0170. The van der Waals surface area contributed by atoms with Gasteiger partial charge in [-0.05, 0) is 20.3 Å². The van der Waals surface area contributed by atoms with E-state index in [1.165, 1.54) is 9.21 Å². The Morgan fingerprint density at radius 2 is 2.00 bits per heavy atom. The molecular formula is C13H25N3O4S. The number of nitrogens with zero attached hydrogens (tertiary/aromatic N) is 2. The number of carbonyl (C=O) groups is 2. The third-order valence-corrected chi connectivity index (χ3v) is 5.12. The minimum absolute atomic E-state index is 0.0140. The molecule has 0 atom stereocenters. The average molecular weight is 319 g/mol. The van der Waals surface area contributed by atoms with Crippen LogP contribution in [0.15, 0.2) is 0 Å². The van der Waals surface area contributed by atoms with Crippen LogP contribution in [0.4, 0.5) is 0 Å². The molecule has 1 N–H and O–H groups in total. The molecule has 0 aromatic heterocycles. The largest absolute Gasteiger partial charge is 0.352 e. The summed E-state index contributed by atoms with van der Waals surface area (Å²) in [7, 11) is -3.36. The van der Waals surface area contributed by atoms with Gasteiger partial charge >= 0.3 is 0 Å². The highest BCUT2D eigenvalue weighted by Crippen LogP contribution is 2.10. The molecule has 1 fully saturated rings. The molecule has 122 valence electrons. The van der Waals surface area contributed by atoms with Gasteiger partial charge < -0.3 is 10.2 Å². The lowest BCUT2D eigenvalue weighted by atomic mass is 10.3. The summed E-state index contributed by atoms with van der Waals surface area (Å²) in [5, 5.41) is 2.72. The van der Waals surface area contributed by atoms with Crippen molar-refractivity contribution in [1.82, 2.24) is 14.5 Å². The van der Waals surface area contributed by atoms with Gasteiger partial charge in [0.25, 0.3) is 0 Å². The van der Waals surface area contributed by atoms with Gasteiger partial charge in [0.15, 0.2) is 0 Å². The van der Waals surface area contributed by atoms with Gasteiger partial charge in [0, 0.05) is 19.1 Å². The fourth-order valence-corrected chi connectivity index (χ4v) is 3.67. The van der Waals surface area contributed by atoms with Crippen LogP contribution in [-0.2, 0) is 19.6 Å². The number of rotatable bonds is 7. The third-order valence-electron chi connectivity index (χ3n) is 3.22. The van der Waals surface area contributed by atoms with Crippen molar-refractivity contribution in [1.29, 1.82) is 0 Å². The molecule has 0 bridgehead atoms. The van der Waals surface area contributed by atoms with Gasteiger partial charge in [-0.3, -0.25) is 9.59 Å². The Bertz CT molecular complexity index is 476. The number of carbonyl (C=O) groups excluding carboxylic acids is 2. The Morgan fingerprint density at radius 3 is 2.52 bits per heavy atom. The molecule has 0 aromatic rings. The second-order valence-corrected chi connectivity index (χ2v) is 7.63. The van der Waals surface area contributed by atoms with E-state index in [1.807, 2.05) is 20.8 Å². The van der Waals surface area contributed by atoms with E-state index in [9.17, 15) is 18.0 Å². The van der Waals surface area contributed by atoms with Crippen LogP contribution in [-0.4, -0.2) is 67.4 Å². The van der Waals surface area contributed by atoms with Crippen molar-refractivity contribution in [3.05, 3.63) is 0 Å². The van der Waals surface area contributed by atoms with Gasteiger partial charge in [0.2, 0.25) is 21.8 Å². The molecule has 8 heteroatoms. The van der Waals surface area contributed by atoms with Gasteiger partial charge in [-0.2, -0.15) is 4.31 Å². The molecule has 1 rings (SSSR count). The van der Waals surface area contributed by atoms with E-state index in [0.29, 0.717) is 6.42 Å². The summed E-state index contributed by atoms with van der Waals surface area (Å²) in [6.07, 6.45) is 1.38. The predicted octanol–water partition coefficient (Wildman–Crippen LogP) is -0.215. The first-order valence-electron chi connectivity index (χ1n) is 7.31. The molecular weight excluding hydrogens is 294 g/mol. The van der Waals surface area contributed by atoms with Crippen molar-refractivity contribution in [3.63, 3.8) is 0 Å². The molecule has 1 heterocycles. The Kier molecular flexibility index (Phi) is 6.60. The van der Waals surface area contributed by atoms with E-state index in [1.54, 1.807) is 0 Å². The van der Waals surface area contributed by atoms with E-state index in [2.05, 4.69) is 5.32 Å². The normalized spacial score (nSPS) is 17.3. The summed E-state index contributed by atoms with van der Waals surface area (Å²) in [4.78, 5) is 25.0. The summed E-state index contributed by atoms with van der Waals surface area (Å²) >= 11 is 0. The number of hydrogen-bond acceptors (Lipinski definition) is 4. The molecule has 21 heavy (non-hydrogen) atoms. The maximum absolute atomic E-state index is 12.0. The topological polar surface area (TPSA) is 86.8 Å². The summed E-state index contributed by atoms with van der Waals surface area (Å²) in [5.74, 6) is -0.467. The monoisotopic (exact) mass is 319 g/mol. The van der Waals surface area contributed by atoms with Gasteiger partial charge in [-0.1, -0.05) is 13.3 Å². The van der Waals surface area contributed by atoms with Gasteiger partial charge in [-0.15, -0.1) is 0 Å². The number of nitrogens with one attached hydrogen (secondary N) is 1. The summed E-state index contributed by atoms with van der Waals surface area (Å²) in [6.45, 7) is 5.95. The van der Waals surface area contributed by atoms with Gasteiger partial charge in [-0.25, -0.2) is 8.42 Å². The molecule has 0 aromatic carbocycles. The zero-order valence-corrected chi connectivity index (χ0v) is 13.8. The molecule has 0 spiro atoms. The van der Waals surface area contributed by atoms with Crippen LogP contribution in [0.1, 0.15) is 33.6 Å². The fraction of sp³-hybridized carbons (Fsp3) is 0.846. The molecule has 7 nitrogen and oxygen atoms in total. The van der Waals surface area contributed by atoms with E-state index < -0.39 is 10.0 Å². The van der Waals surface area contributed by atoms with Crippen molar-refractivity contribution in [2.75, 3.05) is 31.9 Å². The molecule has 0 aliphatic carbocycles. The lowest BCUT2D eigenvalue weighted by Crippen LogP contribution is -2.55. The number of unbranched alkanes of at least 4 members (excludes halogenated alkanes) is 1. The zero-order valence-electron chi connectivity index (χ0n) is 13.0. The third kappa shape index (κ3) is 5.62. The highest BCUT2D eigenvalue weighted by molar-refractivity contribution is 7.89. The smallest absolute Gasteiger partial charge is 0.239 e. The maximum Gasteiger partial charge on any atom is 0.239 e. The van der Waals surface area contributed by atoms with Crippen LogP contribution in [0.2, 0.25) is 0 Å². The van der Waals surface area contributed by atoms with Crippen LogP contribution < -0.4 is 5.32 Å². The quantitative estimate of drug-likeness (QED) is 0.703. The number of sulfonamides is 1. The summed E-state index contributed by atoms with van der Waals surface area (Å²) < 4.78 is 25.3. The van der Waals surface area contributed by atoms with E-state index in [4.69, 9.17) is 0 Å². The van der Waals surface area contributed by atoms with Crippen LogP contribution in [0.5, 0.6) is 0 Å². The second-order valence-electron chi connectivity index (χ2n) is 5.54. The first kappa shape index (κ1) is 17.9. The molecule has 1 saturated heterocycles. The highest BCUT2D eigenvalue weighted by atomic mass is 32.2. The summed E-state index contributed by atoms with van der Waals surface area (Å²) in [5.41, 5.74) is 0. The lowest BCUT2D eigenvalue weighted by molar-refractivity contribution is -0.138. The average Bonchev–Trinajstić information content (AvgIpc) is 2.37. The van der Waals surface area contributed by atoms with Gasteiger partial charge in [0.1, 0.15) is 0 Å². The number of piperazine rings is 1. The van der Waals surface area contributed by atoms with Crippen LogP contribution >= 0.6 is 0 Å². The van der Waals surface area contributed by atoms with E-state index >= 15 is 0 Å². The first-order valence-corrected chi connectivity index (χ1v) is 8.92. The predicted molar refractivity (Wildman–Crippen MR) is 80.1 cm³/mol. The number of amides is 2. The number of hydrogen-bond donors (Lipinski definition) is 1. The van der Waals surface area contributed by atoms with E-state index in [0.717, 1.165) is 6.42 Å². The molecule has 0 radical (unpaired) electrons. The minimum Gasteiger partial charge on any atom is -0.352 e. The zero-order chi connectivity index (χ0) is 16.0. The molecule has 0 saturated carbocycles. The van der Waals surface area contributed by atoms with Crippen LogP contribution in [0.3, 0.4) is 0 Å². The van der Waals surface area contributed by atoms with Crippen LogP contribution in [0.25, 0.3) is 0 Å². The first-order chi connectivity index (χ1) is 9.76. The maximum atomic E-state index is 12.0. The van der Waals surface area contributed by atoms with Crippen molar-refractivity contribution in [3.8, 4) is 0 Å². The minimum atomic E-state index is -3.36. The van der Waals surface area contributed by atoms with Crippen molar-refractivity contribution >= 4 is 21.8 Å². The molecule has 1 aliphatic rings. The van der Waals surface area contributed by atoms with E-state index in [-0.39, 0.29) is 49.8 Å². The molecule has 1 aliphatic heterocycles. The Morgan fingerprint density at radius 1 is 1.33 bits per heavy atom. The van der Waals surface area contributed by atoms with Crippen molar-refractivity contribution in [2.45, 2.75) is 39.7 Å². The molecule has 0 unspecified atom stereocenters.